The number of carbonyl (C=O) groups is 1. The second kappa shape index (κ2) is 6.76. The molecule has 5 nitrogen and oxygen atoms in total. The molecule has 0 bridgehead atoms. The molecule has 0 saturated carbocycles. The van der Waals surface area contributed by atoms with E-state index in [0.29, 0.717) is 45.8 Å². The molecule has 132 valence electrons. The number of carbonyl (C=O) groups excluding carboxylic acids is 1. The summed E-state index contributed by atoms with van der Waals surface area (Å²) in [6, 6.07) is 13.0. The molecule has 0 aliphatic carbocycles. The summed E-state index contributed by atoms with van der Waals surface area (Å²) < 4.78 is 5.27. The molecule has 1 amide bonds. The van der Waals surface area contributed by atoms with Gasteiger partial charge in [0.2, 0.25) is 0 Å². The van der Waals surface area contributed by atoms with E-state index in [1.165, 1.54) is 5.06 Å². The number of hydroxylamine groups is 2. The number of halogens is 2. The first-order valence-corrected chi connectivity index (χ1v) is 8.74. The zero-order valence-corrected chi connectivity index (χ0v) is 15.3. The molecule has 1 aliphatic heterocycles. The number of fused-ring (bicyclic) bond motifs is 1. The van der Waals surface area contributed by atoms with Gasteiger partial charge >= 0.3 is 0 Å². The van der Waals surface area contributed by atoms with Gasteiger partial charge in [0.1, 0.15) is 23.6 Å². The highest BCUT2D eigenvalue weighted by molar-refractivity contribution is 6.43. The molecule has 0 unspecified atom stereocenters. The molecule has 1 aromatic heterocycles. The third-order valence-electron chi connectivity index (χ3n) is 4.32. The van der Waals surface area contributed by atoms with E-state index < -0.39 is 0 Å². The molecule has 7 heteroatoms. The Kier molecular flexibility index (Phi) is 4.44. The van der Waals surface area contributed by atoms with E-state index in [2.05, 4.69) is 5.16 Å². The minimum Gasteiger partial charge on any atom is -0.360 e. The average molecular weight is 389 g/mol. The normalized spacial score (nSPS) is 13.6. The van der Waals surface area contributed by atoms with E-state index >= 15 is 0 Å². The van der Waals surface area contributed by atoms with Gasteiger partial charge in [-0.3, -0.25) is 9.63 Å². The quantitative estimate of drug-likeness (QED) is 0.616. The van der Waals surface area contributed by atoms with Crippen molar-refractivity contribution < 1.29 is 14.2 Å². The summed E-state index contributed by atoms with van der Waals surface area (Å²) in [5, 5.41) is 6.05. The minimum atomic E-state index is -0.329. The fourth-order valence-electron chi connectivity index (χ4n) is 2.95. The highest BCUT2D eigenvalue weighted by Crippen LogP contribution is 2.36. The first kappa shape index (κ1) is 17.1. The van der Waals surface area contributed by atoms with Crippen molar-refractivity contribution in [2.24, 2.45) is 0 Å². The van der Waals surface area contributed by atoms with Crippen LogP contribution in [0.25, 0.3) is 11.3 Å². The maximum absolute atomic E-state index is 13.1. The van der Waals surface area contributed by atoms with Crippen molar-refractivity contribution in [2.45, 2.75) is 20.1 Å². The van der Waals surface area contributed by atoms with Crippen molar-refractivity contribution in [2.75, 3.05) is 0 Å². The number of aromatic nitrogens is 1. The fraction of sp³-hybridized carbons (Fsp3) is 0.158. The Labute approximate surface area is 160 Å². The maximum atomic E-state index is 13.1. The summed E-state index contributed by atoms with van der Waals surface area (Å²) in [7, 11) is 0. The lowest BCUT2D eigenvalue weighted by molar-refractivity contribution is -0.149. The van der Waals surface area contributed by atoms with Gasteiger partial charge < -0.3 is 4.52 Å². The van der Waals surface area contributed by atoms with Crippen LogP contribution < -0.4 is 0 Å². The SMILES string of the molecule is Cc1onc(-c2cccc(Cl)c2Cl)c1C(=O)N1Cc2ccccc2CO1. The van der Waals surface area contributed by atoms with Crippen LogP contribution in [-0.2, 0) is 18.0 Å². The van der Waals surface area contributed by atoms with E-state index in [4.69, 9.17) is 32.6 Å². The van der Waals surface area contributed by atoms with Crippen molar-refractivity contribution in [3.63, 3.8) is 0 Å². The minimum absolute atomic E-state index is 0.313. The summed E-state index contributed by atoms with van der Waals surface area (Å²) in [5.41, 5.74) is 3.31. The number of rotatable bonds is 2. The summed E-state index contributed by atoms with van der Waals surface area (Å²) in [6.45, 7) is 2.36. The van der Waals surface area contributed by atoms with Crippen LogP contribution >= 0.6 is 23.2 Å². The number of hydrogen-bond acceptors (Lipinski definition) is 4. The highest BCUT2D eigenvalue weighted by Gasteiger charge is 2.30. The number of nitrogens with zero attached hydrogens (tertiary/aromatic N) is 2. The van der Waals surface area contributed by atoms with E-state index in [-0.39, 0.29) is 5.91 Å². The number of amides is 1. The van der Waals surface area contributed by atoms with Gasteiger partial charge in [-0.15, -0.1) is 0 Å². The van der Waals surface area contributed by atoms with Crippen molar-refractivity contribution in [3.05, 3.63) is 75.0 Å². The molecule has 2 heterocycles. The standard InChI is InChI=1S/C19H14Cl2N2O3/c1-11-16(18(22-26-11)14-7-4-8-15(20)17(14)21)19(24)23-9-12-5-2-3-6-13(12)10-25-23/h2-8H,9-10H2,1H3. The van der Waals surface area contributed by atoms with E-state index in [9.17, 15) is 4.79 Å². The van der Waals surface area contributed by atoms with Crippen molar-refractivity contribution >= 4 is 29.1 Å². The third-order valence-corrected chi connectivity index (χ3v) is 5.14. The van der Waals surface area contributed by atoms with Crippen molar-refractivity contribution in [1.29, 1.82) is 0 Å². The molecule has 0 radical (unpaired) electrons. The predicted molar refractivity (Wildman–Crippen MR) is 97.8 cm³/mol. The summed E-state index contributed by atoms with van der Waals surface area (Å²) in [6.07, 6.45) is 0. The van der Waals surface area contributed by atoms with Gasteiger partial charge in [-0.2, -0.15) is 0 Å². The predicted octanol–water partition coefficient (Wildman–Crippen LogP) is 5.04. The van der Waals surface area contributed by atoms with Crippen molar-refractivity contribution in [3.8, 4) is 11.3 Å². The lowest BCUT2D eigenvalue weighted by Gasteiger charge is -2.28. The monoisotopic (exact) mass is 388 g/mol. The van der Waals surface area contributed by atoms with Crippen LogP contribution in [0.2, 0.25) is 10.0 Å². The Balaban J connectivity index is 1.72. The molecule has 26 heavy (non-hydrogen) atoms. The Hall–Kier alpha value is -2.34. The summed E-state index contributed by atoms with van der Waals surface area (Å²) in [5.74, 6) is 0.0628. The molecular formula is C19H14Cl2N2O3. The average Bonchev–Trinajstić information content (AvgIpc) is 3.04. The smallest absolute Gasteiger partial charge is 0.283 e. The van der Waals surface area contributed by atoms with E-state index in [1.807, 2.05) is 24.3 Å². The first-order chi connectivity index (χ1) is 12.6. The van der Waals surface area contributed by atoms with Gasteiger partial charge in [0.05, 0.1) is 16.6 Å². The van der Waals surface area contributed by atoms with Crippen LogP contribution in [0.1, 0.15) is 27.2 Å². The third kappa shape index (κ3) is 2.88. The number of aryl methyl sites for hydroxylation is 1. The second-order valence-corrected chi connectivity index (χ2v) is 6.73. The van der Waals surface area contributed by atoms with Crippen LogP contribution in [0.4, 0.5) is 0 Å². The van der Waals surface area contributed by atoms with Gasteiger partial charge in [0.25, 0.3) is 5.91 Å². The van der Waals surface area contributed by atoms with Gasteiger partial charge in [-0.1, -0.05) is 64.8 Å². The highest BCUT2D eigenvalue weighted by atomic mass is 35.5. The summed E-state index contributed by atoms with van der Waals surface area (Å²) in [4.78, 5) is 18.8. The second-order valence-electron chi connectivity index (χ2n) is 5.95. The van der Waals surface area contributed by atoms with Gasteiger partial charge in [-0.25, -0.2) is 5.06 Å². The first-order valence-electron chi connectivity index (χ1n) is 7.98. The van der Waals surface area contributed by atoms with Crippen LogP contribution in [0.5, 0.6) is 0 Å². The largest absolute Gasteiger partial charge is 0.360 e. The van der Waals surface area contributed by atoms with E-state index in [1.54, 1.807) is 25.1 Å². The Morgan fingerprint density at radius 1 is 1.12 bits per heavy atom. The molecule has 4 rings (SSSR count). The van der Waals surface area contributed by atoms with E-state index in [0.717, 1.165) is 11.1 Å². The Bertz CT molecular complexity index is 1000. The molecule has 0 spiro atoms. The zero-order valence-electron chi connectivity index (χ0n) is 13.8. The van der Waals surface area contributed by atoms with Crippen LogP contribution in [0.15, 0.2) is 47.0 Å². The number of benzene rings is 2. The molecule has 0 N–H and O–H groups in total. The van der Waals surface area contributed by atoms with Crippen LogP contribution in [0.3, 0.4) is 0 Å². The van der Waals surface area contributed by atoms with Crippen molar-refractivity contribution in [1.82, 2.24) is 10.2 Å². The lowest BCUT2D eigenvalue weighted by atomic mass is 10.0. The Morgan fingerprint density at radius 2 is 1.88 bits per heavy atom. The van der Waals surface area contributed by atoms with Gasteiger partial charge in [0, 0.05) is 5.56 Å². The fourth-order valence-corrected chi connectivity index (χ4v) is 3.34. The molecule has 3 aromatic rings. The molecule has 1 aliphatic rings. The molecular weight excluding hydrogens is 375 g/mol. The molecule has 0 atom stereocenters. The number of hydrogen-bond donors (Lipinski definition) is 0. The summed E-state index contributed by atoms with van der Waals surface area (Å²) >= 11 is 12.4. The molecule has 2 aromatic carbocycles. The lowest BCUT2D eigenvalue weighted by Crippen LogP contribution is -2.34. The maximum Gasteiger partial charge on any atom is 0.283 e. The Morgan fingerprint density at radius 3 is 2.69 bits per heavy atom. The van der Waals surface area contributed by atoms with Crippen LogP contribution in [0, 0.1) is 6.92 Å². The zero-order chi connectivity index (χ0) is 18.3. The van der Waals surface area contributed by atoms with Crippen LogP contribution in [-0.4, -0.2) is 16.1 Å². The molecule has 0 saturated heterocycles. The van der Waals surface area contributed by atoms with Gasteiger partial charge in [-0.05, 0) is 24.1 Å². The van der Waals surface area contributed by atoms with Gasteiger partial charge in [0.15, 0.2) is 0 Å². The topological polar surface area (TPSA) is 55.6 Å². The molecule has 0 fully saturated rings.